The molecule has 3 rings (SSSR count). The zero-order chi connectivity index (χ0) is 12.0. The average Bonchev–Trinajstić information content (AvgIpc) is 2.85. The van der Waals surface area contributed by atoms with Crippen LogP contribution in [0.4, 0.5) is 0 Å². The van der Waals surface area contributed by atoms with Crippen LogP contribution in [0.25, 0.3) is 20.8 Å². The summed E-state index contributed by atoms with van der Waals surface area (Å²) in [5.41, 5.74) is 3.43. The standard InChI is InChI=1S/C12H11N3S2/c1-6-4-5-9(12-15-14-8(3)17-12)10-11(6)16-7(2)13-10/h4-5H,1-3H3. The highest BCUT2D eigenvalue weighted by Gasteiger charge is 2.13. The van der Waals surface area contributed by atoms with Crippen LogP contribution < -0.4 is 0 Å². The van der Waals surface area contributed by atoms with Crippen LogP contribution in [0.2, 0.25) is 0 Å². The molecule has 0 fully saturated rings. The van der Waals surface area contributed by atoms with E-state index in [-0.39, 0.29) is 0 Å². The van der Waals surface area contributed by atoms with Crippen LogP contribution in [0.5, 0.6) is 0 Å². The third kappa shape index (κ3) is 1.75. The average molecular weight is 261 g/mol. The number of hydrogen-bond acceptors (Lipinski definition) is 5. The van der Waals surface area contributed by atoms with Gasteiger partial charge in [-0.3, -0.25) is 0 Å². The minimum absolute atomic E-state index is 0.956. The quantitative estimate of drug-likeness (QED) is 0.670. The fraction of sp³-hybridized carbons (Fsp3) is 0.250. The minimum Gasteiger partial charge on any atom is -0.241 e. The van der Waals surface area contributed by atoms with Crippen molar-refractivity contribution in [2.75, 3.05) is 0 Å². The number of hydrogen-bond donors (Lipinski definition) is 0. The lowest BCUT2D eigenvalue weighted by Crippen LogP contribution is -1.82. The van der Waals surface area contributed by atoms with E-state index in [1.165, 1.54) is 10.3 Å². The Kier molecular flexibility index (Phi) is 2.45. The highest BCUT2D eigenvalue weighted by atomic mass is 32.1. The molecule has 5 heteroatoms. The highest BCUT2D eigenvalue weighted by Crippen LogP contribution is 2.34. The van der Waals surface area contributed by atoms with E-state index in [0.29, 0.717) is 0 Å². The highest BCUT2D eigenvalue weighted by molar-refractivity contribution is 7.19. The molecule has 0 amide bonds. The Morgan fingerprint density at radius 2 is 1.76 bits per heavy atom. The summed E-state index contributed by atoms with van der Waals surface area (Å²) in [4.78, 5) is 4.62. The number of aryl methyl sites for hydroxylation is 3. The predicted octanol–water partition coefficient (Wildman–Crippen LogP) is 3.74. The molecule has 17 heavy (non-hydrogen) atoms. The van der Waals surface area contributed by atoms with E-state index in [9.17, 15) is 0 Å². The van der Waals surface area contributed by atoms with Gasteiger partial charge in [0.1, 0.15) is 10.0 Å². The third-order valence-electron chi connectivity index (χ3n) is 2.60. The van der Waals surface area contributed by atoms with Crippen molar-refractivity contribution >= 4 is 32.9 Å². The van der Waals surface area contributed by atoms with Gasteiger partial charge in [-0.1, -0.05) is 17.4 Å². The second-order valence-corrected chi connectivity index (χ2v) is 6.35. The van der Waals surface area contributed by atoms with Gasteiger partial charge in [0, 0.05) is 5.56 Å². The van der Waals surface area contributed by atoms with E-state index < -0.39 is 0 Å². The summed E-state index contributed by atoms with van der Waals surface area (Å²) in [5, 5.41) is 11.3. The van der Waals surface area contributed by atoms with Gasteiger partial charge in [-0.15, -0.1) is 21.5 Å². The smallest absolute Gasteiger partial charge is 0.150 e. The molecule has 0 saturated carbocycles. The van der Waals surface area contributed by atoms with Crippen molar-refractivity contribution in [3.63, 3.8) is 0 Å². The summed E-state index contributed by atoms with van der Waals surface area (Å²) in [7, 11) is 0. The van der Waals surface area contributed by atoms with Crippen LogP contribution in [0.3, 0.4) is 0 Å². The molecule has 3 nitrogen and oxygen atoms in total. The van der Waals surface area contributed by atoms with Crippen LogP contribution in [0.15, 0.2) is 12.1 Å². The molecule has 0 aliphatic heterocycles. The third-order valence-corrected chi connectivity index (χ3v) is 4.58. The van der Waals surface area contributed by atoms with Gasteiger partial charge < -0.3 is 0 Å². The van der Waals surface area contributed by atoms with Crippen molar-refractivity contribution < 1.29 is 0 Å². The molecular weight excluding hydrogens is 250 g/mol. The first kappa shape index (κ1) is 10.8. The van der Waals surface area contributed by atoms with Crippen LogP contribution in [0, 0.1) is 20.8 Å². The lowest BCUT2D eigenvalue weighted by molar-refractivity contribution is 1.05. The zero-order valence-electron chi connectivity index (χ0n) is 9.81. The number of fused-ring (bicyclic) bond motifs is 1. The molecule has 0 N–H and O–H groups in total. The van der Waals surface area contributed by atoms with Gasteiger partial charge in [0.25, 0.3) is 0 Å². The van der Waals surface area contributed by atoms with Crippen molar-refractivity contribution in [2.45, 2.75) is 20.8 Å². The summed E-state index contributed by atoms with van der Waals surface area (Å²) in [6, 6.07) is 4.22. The molecule has 1 aromatic carbocycles. The van der Waals surface area contributed by atoms with Crippen molar-refractivity contribution in [2.24, 2.45) is 0 Å². The lowest BCUT2D eigenvalue weighted by Gasteiger charge is -1.99. The number of aromatic nitrogens is 3. The first-order valence-corrected chi connectivity index (χ1v) is 6.95. The fourth-order valence-corrected chi connectivity index (χ4v) is 3.45. The van der Waals surface area contributed by atoms with E-state index in [4.69, 9.17) is 0 Å². The molecular formula is C12H11N3S2. The maximum Gasteiger partial charge on any atom is 0.150 e. The molecule has 2 aromatic heterocycles. The minimum atomic E-state index is 0.956. The summed E-state index contributed by atoms with van der Waals surface area (Å²) in [5.74, 6) is 0. The van der Waals surface area contributed by atoms with Crippen molar-refractivity contribution in [1.29, 1.82) is 0 Å². The molecule has 0 aliphatic rings. The van der Waals surface area contributed by atoms with Gasteiger partial charge in [0.05, 0.1) is 15.2 Å². The molecule has 0 bridgehead atoms. The second kappa shape index (κ2) is 3.85. The molecule has 2 heterocycles. The summed E-state index contributed by atoms with van der Waals surface area (Å²) in [6.45, 7) is 6.13. The Balaban J connectivity index is 2.33. The Bertz CT molecular complexity index is 697. The van der Waals surface area contributed by atoms with Gasteiger partial charge in [0.2, 0.25) is 0 Å². The molecule has 0 unspecified atom stereocenters. The first-order valence-electron chi connectivity index (χ1n) is 5.32. The summed E-state index contributed by atoms with van der Waals surface area (Å²) < 4.78 is 1.26. The molecule has 3 aromatic rings. The Labute approximate surface area is 107 Å². The number of rotatable bonds is 1. The van der Waals surface area contributed by atoms with Crippen molar-refractivity contribution in [3.05, 3.63) is 27.7 Å². The van der Waals surface area contributed by atoms with E-state index in [2.05, 4.69) is 34.2 Å². The van der Waals surface area contributed by atoms with E-state index in [1.54, 1.807) is 22.7 Å². The monoisotopic (exact) mass is 261 g/mol. The molecule has 0 saturated heterocycles. The van der Waals surface area contributed by atoms with Gasteiger partial charge in [0.15, 0.2) is 0 Å². The van der Waals surface area contributed by atoms with E-state index in [0.717, 1.165) is 26.1 Å². The zero-order valence-corrected chi connectivity index (χ0v) is 11.4. The second-order valence-electron chi connectivity index (χ2n) is 3.97. The largest absolute Gasteiger partial charge is 0.241 e. The lowest BCUT2D eigenvalue weighted by atomic mass is 10.1. The first-order chi connectivity index (χ1) is 8.15. The Morgan fingerprint density at radius 1 is 0.941 bits per heavy atom. The van der Waals surface area contributed by atoms with E-state index >= 15 is 0 Å². The predicted molar refractivity (Wildman–Crippen MR) is 72.7 cm³/mol. The fourth-order valence-electron chi connectivity index (χ4n) is 1.82. The van der Waals surface area contributed by atoms with Crippen LogP contribution in [0.1, 0.15) is 15.6 Å². The van der Waals surface area contributed by atoms with Crippen molar-refractivity contribution in [1.82, 2.24) is 15.2 Å². The van der Waals surface area contributed by atoms with Crippen molar-refractivity contribution in [3.8, 4) is 10.6 Å². The Morgan fingerprint density at radius 3 is 2.47 bits per heavy atom. The Hall–Kier alpha value is -1.33. The molecule has 0 radical (unpaired) electrons. The number of nitrogens with zero attached hydrogens (tertiary/aromatic N) is 3. The summed E-state index contributed by atoms with van der Waals surface area (Å²) >= 11 is 3.35. The van der Waals surface area contributed by atoms with Gasteiger partial charge in [-0.2, -0.15) is 0 Å². The SMILES string of the molecule is Cc1nnc(-c2ccc(C)c3sc(C)nc23)s1. The number of thiazole rings is 1. The molecule has 0 spiro atoms. The van der Waals surface area contributed by atoms with Gasteiger partial charge in [-0.25, -0.2) is 4.98 Å². The van der Waals surface area contributed by atoms with Crippen LogP contribution >= 0.6 is 22.7 Å². The maximum absolute atomic E-state index is 4.62. The maximum atomic E-state index is 4.62. The van der Waals surface area contributed by atoms with Gasteiger partial charge in [-0.05, 0) is 32.4 Å². The van der Waals surface area contributed by atoms with E-state index in [1.807, 2.05) is 13.8 Å². The topological polar surface area (TPSA) is 38.7 Å². The molecule has 86 valence electrons. The van der Waals surface area contributed by atoms with Gasteiger partial charge >= 0.3 is 0 Å². The van der Waals surface area contributed by atoms with Crippen LogP contribution in [-0.4, -0.2) is 15.2 Å². The van der Waals surface area contributed by atoms with Crippen LogP contribution in [-0.2, 0) is 0 Å². The summed E-state index contributed by atoms with van der Waals surface area (Å²) in [6.07, 6.45) is 0. The normalized spacial score (nSPS) is 11.2. The molecule has 0 atom stereocenters. The molecule has 0 aliphatic carbocycles. The number of benzene rings is 1.